The van der Waals surface area contributed by atoms with Gasteiger partial charge in [0.15, 0.2) is 0 Å². The number of rotatable bonds is 4. The van der Waals surface area contributed by atoms with Gasteiger partial charge in [-0.05, 0) is 44.9 Å². The van der Waals surface area contributed by atoms with E-state index in [0.717, 1.165) is 17.0 Å². The number of nitrogens with one attached hydrogen (secondary N) is 1. The Kier molecular flexibility index (Phi) is 4.78. The number of anilines is 1. The van der Waals surface area contributed by atoms with Crippen LogP contribution in [0.1, 0.15) is 30.3 Å². The largest absolute Gasteiger partial charge is 0.322 e. The summed E-state index contributed by atoms with van der Waals surface area (Å²) in [5.41, 5.74) is 2.33. The van der Waals surface area contributed by atoms with Gasteiger partial charge in [0.2, 0.25) is 5.91 Å². The lowest BCUT2D eigenvalue weighted by molar-refractivity contribution is -0.120. The van der Waals surface area contributed by atoms with E-state index in [1.807, 2.05) is 19.9 Å². The van der Waals surface area contributed by atoms with E-state index in [2.05, 4.69) is 10.4 Å². The number of hydrogen-bond donors (Lipinski definition) is 1. The van der Waals surface area contributed by atoms with Crippen LogP contribution in [0.4, 0.5) is 5.69 Å². The monoisotopic (exact) mass is 419 g/mol. The number of hydrogen-bond acceptors (Lipinski definition) is 2. The Balaban J connectivity index is 1.83. The van der Waals surface area contributed by atoms with Crippen molar-refractivity contribution in [2.24, 2.45) is 5.41 Å². The van der Waals surface area contributed by atoms with Crippen molar-refractivity contribution in [2.45, 2.75) is 38.1 Å². The molecule has 134 valence electrons. The normalized spacial score (nSPS) is 21.2. The van der Waals surface area contributed by atoms with Crippen molar-refractivity contribution in [3.63, 3.8) is 0 Å². The minimum Gasteiger partial charge on any atom is -0.322 e. The van der Waals surface area contributed by atoms with Gasteiger partial charge in [0.05, 0.1) is 29.0 Å². The van der Waals surface area contributed by atoms with Crippen LogP contribution in [0, 0.1) is 19.3 Å². The number of carbonyl (C=O) groups is 1. The van der Waals surface area contributed by atoms with Crippen LogP contribution in [0.3, 0.4) is 0 Å². The Morgan fingerprint density at radius 1 is 1.32 bits per heavy atom. The molecule has 0 aliphatic heterocycles. The summed E-state index contributed by atoms with van der Waals surface area (Å²) in [7, 11) is 0. The van der Waals surface area contributed by atoms with Crippen LogP contribution in [-0.2, 0) is 11.3 Å². The zero-order chi connectivity index (χ0) is 18.6. The van der Waals surface area contributed by atoms with Gasteiger partial charge in [0.1, 0.15) is 4.33 Å². The summed E-state index contributed by atoms with van der Waals surface area (Å²) in [5.74, 6) is -0.201. The van der Waals surface area contributed by atoms with Crippen molar-refractivity contribution >= 4 is 58.0 Å². The lowest BCUT2D eigenvalue weighted by atomic mass is 10.1. The summed E-state index contributed by atoms with van der Waals surface area (Å²) >= 11 is 24.4. The van der Waals surface area contributed by atoms with Crippen molar-refractivity contribution in [3.05, 3.63) is 45.2 Å². The highest BCUT2D eigenvalue weighted by atomic mass is 35.5. The van der Waals surface area contributed by atoms with Crippen molar-refractivity contribution < 1.29 is 4.79 Å². The molecule has 1 amide bonds. The molecule has 1 atom stereocenters. The molecule has 1 saturated carbocycles. The van der Waals surface area contributed by atoms with Crippen LogP contribution in [-0.4, -0.2) is 20.0 Å². The summed E-state index contributed by atoms with van der Waals surface area (Å²) in [6.07, 6.45) is 0.432. The maximum Gasteiger partial charge on any atom is 0.233 e. The highest BCUT2D eigenvalue weighted by Gasteiger charge is 2.68. The molecule has 0 spiro atoms. The van der Waals surface area contributed by atoms with Crippen molar-refractivity contribution in [2.75, 3.05) is 5.32 Å². The summed E-state index contributed by atoms with van der Waals surface area (Å²) in [4.78, 5) is 12.5. The number of nitrogens with zero attached hydrogens (tertiary/aromatic N) is 2. The van der Waals surface area contributed by atoms with Crippen LogP contribution in [0.2, 0.25) is 10.0 Å². The maximum atomic E-state index is 12.5. The zero-order valence-corrected chi connectivity index (χ0v) is 17.0. The average molecular weight is 421 g/mol. The molecule has 1 fully saturated rings. The molecule has 0 saturated heterocycles. The molecule has 1 unspecified atom stereocenters. The molecule has 0 bridgehead atoms. The smallest absolute Gasteiger partial charge is 0.233 e. The van der Waals surface area contributed by atoms with Crippen LogP contribution >= 0.6 is 46.4 Å². The third-order valence-electron chi connectivity index (χ3n) is 4.71. The topological polar surface area (TPSA) is 46.9 Å². The van der Waals surface area contributed by atoms with E-state index in [1.54, 1.807) is 23.7 Å². The lowest BCUT2D eigenvalue weighted by Gasteiger charge is -2.13. The number of aromatic nitrogens is 2. The third kappa shape index (κ3) is 3.37. The molecule has 25 heavy (non-hydrogen) atoms. The molecular formula is C17H17Cl4N3O. The number of halogens is 4. The molecule has 1 N–H and O–H groups in total. The van der Waals surface area contributed by atoms with Gasteiger partial charge in [-0.15, -0.1) is 23.2 Å². The predicted octanol–water partition coefficient (Wildman–Crippen LogP) is 5.38. The van der Waals surface area contributed by atoms with Crippen molar-refractivity contribution in [1.29, 1.82) is 0 Å². The van der Waals surface area contributed by atoms with E-state index < -0.39 is 9.75 Å². The Morgan fingerprint density at radius 3 is 2.52 bits per heavy atom. The number of amides is 1. The third-order valence-corrected chi connectivity index (χ3v) is 6.40. The second-order valence-corrected chi connectivity index (χ2v) is 8.93. The van der Waals surface area contributed by atoms with Crippen LogP contribution in [0.5, 0.6) is 0 Å². The van der Waals surface area contributed by atoms with Crippen LogP contribution < -0.4 is 5.32 Å². The number of aryl methyl sites for hydroxylation is 1. The first kappa shape index (κ1) is 18.8. The van der Waals surface area contributed by atoms with Gasteiger partial charge in [-0.3, -0.25) is 9.48 Å². The van der Waals surface area contributed by atoms with Gasteiger partial charge >= 0.3 is 0 Å². The molecule has 1 aromatic heterocycles. The zero-order valence-electron chi connectivity index (χ0n) is 14.0. The fourth-order valence-electron chi connectivity index (χ4n) is 2.74. The van der Waals surface area contributed by atoms with Gasteiger partial charge in [-0.25, -0.2) is 0 Å². The fraction of sp³-hybridized carbons (Fsp3) is 0.412. The maximum absolute atomic E-state index is 12.5. The molecular weight excluding hydrogens is 404 g/mol. The van der Waals surface area contributed by atoms with E-state index >= 15 is 0 Å². The van der Waals surface area contributed by atoms with E-state index in [-0.39, 0.29) is 5.91 Å². The molecule has 4 nitrogen and oxygen atoms in total. The predicted molar refractivity (Wildman–Crippen MR) is 103 cm³/mol. The highest BCUT2D eigenvalue weighted by Crippen LogP contribution is 2.64. The molecule has 2 aromatic rings. The SMILES string of the molecule is Cc1nn(Cc2ccc(Cl)cc2Cl)c(C)c1NC(=O)C1(C)CC1(Cl)Cl. The Morgan fingerprint density at radius 2 is 1.96 bits per heavy atom. The highest BCUT2D eigenvalue weighted by molar-refractivity contribution is 6.53. The standard InChI is InChI=1S/C17H17Cl4N3O/c1-9-14(22-15(25)16(3)8-17(16,20)21)10(2)24(23-9)7-11-4-5-12(18)6-13(11)19/h4-6H,7-8H2,1-3H3,(H,22,25). The van der Waals surface area contributed by atoms with Gasteiger partial charge in [-0.2, -0.15) is 5.10 Å². The van der Waals surface area contributed by atoms with E-state index in [4.69, 9.17) is 46.4 Å². The molecule has 1 heterocycles. The van der Waals surface area contributed by atoms with Crippen LogP contribution in [0.25, 0.3) is 0 Å². The van der Waals surface area contributed by atoms with Gasteiger partial charge in [0, 0.05) is 10.0 Å². The molecule has 3 rings (SSSR count). The molecule has 8 heteroatoms. The fourth-order valence-corrected chi connectivity index (χ4v) is 3.92. The van der Waals surface area contributed by atoms with Crippen LogP contribution in [0.15, 0.2) is 18.2 Å². The van der Waals surface area contributed by atoms with Gasteiger partial charge < -0.3 is 5.32 Å². The lowest BCUT2D eigenvalue weighted by Crippen LogP contribution is -2.26. The molecule has 1 aromatic carbocycles. The second kappa shape index (κ2) is 6.34. The van der Waals surface area contributed by atoms with E-state index in [0.29, 0.717) is 28.7 Å². The first-order chi connectivity index (χ1) is 11.5. The van der Waals surface area contributed by atoms with Crippen molar-refractivity contribution in [1.82, 2.24) is 9.78 Å². The number of alkyl halides is 2. The van der Waals surface area contributed by atoms with Gasteiger partial charge in [0.25, 0.3) is 0 Å². The summed E-state index contributed by atoms with van der Waals surface area (Å²) in [6, 6.07) is 5.34. The molecule has 0 radical (unpaired) electrons. The first-order valence-corrected chi connectivity index (χ1v) is 9.23. The average Bonchev–Trinajstić information content (AvgIpc) is 2.93. The second-order valence-electron chi connectivity index (χ2n) is 6.61. The van der Waals surface area contributed by atoms with E-state index in [9.17, 15) is 4.79 Å². The van der Waals surface area contributed by atoms with Crippen molar-refractivity contribution in [3.8, 4) is 0 Å². The minimum absolute atomic E-state index is 0.201. The van der Waals surface area contributed by atoms with E-state index in [1.165, 1.54) is 0 Å². The minimum atomic E-state index is -1.01. The summed E-state index contributed by atoms with van der Waals surface area (Å²) < 4.78 is 0.787. The Hall–Kier alpha value is -0.940. The quantitative estimate of drug-likeness (QED) is 0.675. The Bertz CT molecular complexity index is 862. The van der Waals surface area contributed by atoms with Gasteiger partial charge in [-0.1, -0.05) is 29.3 Å². The molecule has 1 aliphatic carbocycles. The first-order valence-electron chi connectivity index (χ1n) is 7.72. The number of benzene rings is 1. The Labute approximate surface area is 166 Å². The molecule has 1 aliphatic rings. The number of carbonyl (C=O) groups excluding carboxylic acids is 1. The summed E-state index contributed by atoms with van der Waals surface area (Å²) in [6.45, 7) is 5.96. The summed E-state index contributed by atoms with van der Waals surface area (Å²) in [5, 5.41) is 8.58.